The normalized spacial score (nSPS) is 38.7. The van der Waals surface area contributed by atoms with Gasteiger partial charge in [0.15, 0.2) is 0 Å². The monoisotopic (exact) mass is 146 g/mol. The van der Waals surface area contributed by atoms with Crippen molar-refractivity contribution >= 4 is 0 Å². The molecular weight excluding hydrogens is 134 g/mol. The molecule has 2 saturated carbocycles. The van der Waals surface area contributed by atoms with Gasteiger partial charge in [-0.15, -0.1) is 0 Å². The zero-order valence-electron chi connectivity index (χ0n) is 6.32. The van der Waals surface area contributed by atoms with Crippen molar-refractivity contribution in [3.8, 4) is 0 Å². The molecule has 10 heavy (non-hydrogen) atoms. The van der Waals surface area contributed by atoms with Gasteiger partial charge in [-0.05, 0) is 18.8 Å². The molecule has 0 aromatic heterocycles. The molecule has 1 atom stereocenters. The average Bonchev–Trinajstić information content (AvgIpc) is 2.51. The molecule has 2 rings (SSSR count). The first-order chi connectivity index (χ1) is 4.52. The van der Waals surface area contributed by atoms with E-state index in [0.717, 1.165) is 12.8 Å². The van der Waals surface area contributed by atoms with Crippen LogP contribution in [-0.2, 0) is 0 Å². The first kappa shape index (κ1) is 6.56. The van der Waals surface area contributed by atoms with Crippen molar-refractivity contribution in [3.63, 3.8) is 0 Å². The van der Waals surface area contributed by atoms with Crippen LogP contribution in [0.3, 0.4) is 0 Å². The molecule has 2 aliphatic carbocycles. The molecule has 1 spiro atoms. The molecule has 2 fully saturated rings. The van der Waals surface area contributed by atoms with Gasteiger partial charge in [-0.1, -0.05) is 13.8 Å². The second-order valence-corrected chi connectivity index (χ2v) is 4.00. The van der Waals surface area contributed by atoms with E-state index in [1.54, 1.807) is 0 Å². The predicted molar refractivity (Wildman–Crippen MR) is 34.9 cm³/mol. The van der Waals surface area contributed by atoms with E-state index in [-0.39, 0.29) is 11.8 Å². The van der Waals surface area contributed by atoms with Crippen LogP contribution in [0.25, 0.3) is 0 Å². The molecule has 1 unspecified atom stereocenters. The topological polar surface area (TPSA) is 0 Å². The van der Waals surface area contributed by atoms with E-state index in [9.17, 15) is 8.78 Å². The Bertz CT molecular complexity index is 164. The SMILES string of the molecule is CC(C)C1C(F)(F)C12CC2. The zero-order chi connectivity index (χ0) is 7.57. The van der Waals surface area contributed by atoms with Crippen molar-refractivity contribution in [1.82, 2.24) is 0 Å². The first-order valence-electron chi connectivity index (χ1n) is 3.90. The van der Waals surface area contributed by atoms with E-state index in [0.29, 0.717) is 0 Å². The maximum absolute atomic E-state index is 12.9. The first-order valence-corrected chi connectivity index (χ1v) is 3.90. The van der Waals surface area contributed by atoms with Crippen LogP contribution < -0.4 is 0 Å². The molecule has 2 aliphatic rings. The summed E-state index contributed by atoms with van der Waals surface area (Å²) in [5, 5.41) is 0. The third-order valence-electron chi connectivity index (χ3n) is 3.02. The number of hydrogen-bond acceptors (Lipinski definition) is 0. The summed E-state index contributed by atoms with van der Waals surface area (Å²) in [4.78, 5) is 0. The third-order valence-corrected chi connectivity index (χ3v) is 3.02. The second-order valence-electron chi connectivity index (χ2n) is 4.00. The summed E-state index contributed by atoms with van der Waals surface area (Å²) >= 11 is 0. The van der Waals surface area contributed by atoms with Crippen LogP contribution in [-0.4, -0.2) is 5.92 Å². The van der Waals surface area contributed by atoms with Gasteiger partial charge in [-0.3, -0.25) is 0 Å². The molecule has 0 heterocycles. The van der Waals surface area contributed by atoms with Gasteiger partial charge >= 0.3 is 0 Å². The molecule has 0 aliphatic heterocycles. The van der Waals surface area contributed by atoms with Gasteiger partial charge in [-0.2, -0.15) is 0 Å². The van der Waals surface area contributed by atoms with Crippen LogP contribution >= 0.6 is 0 Å². The Morgan fingerprint density at radius 1 is 1.30 bits per heavy atom. The van der Waals surface area contributed by atoms with Crippen molar-refractivity contribution in [2.45, 2.75) is 32.6 Å². The summed E-state index contributed by atoms with van der Waals surface area (Å²) in [6.45, 7) is 3.79. The van der Waals surface area contributed by atoms with Gasteiger partial charge in [-0.25, -0.2) is 8.78 Å². The van der Waals surface area contributed by atoms with Crippen LogP contribution in [0.15, 0.2) is 0 Å². The largest absolute Gasteiger partial charge is 0.257 e. The van der Waals surface area contributed by atoms with Crippen LogP contribution in [0.1, 0.15) is 26.7 Å². The Labute approximate surface area is 59.6 Å². The summed E-state index contributed by atoms with van der Waals surface area (Å²) < 4.78 is 25.8. The maximum Gasteiger partial charge on any atom is 0.257 e. The summed E-state index contributed by atoms with van der Waals surface area (Å²) in [7, 11) is 0. The van der Waals surface area contributed by atoms with Crippen molar-refractivity contribution in [2.24, 2.45) is 17.3 Å². The number of rotatable bonds is 1. The second kappa shape index (κ2) is 1.39. The molecule has 0 amide bonds. The predicted octanol–water partition coefficient (Wildman–Crippen LogP) is 2.69. The van der Waals surface area contributed by atoms with Crippen molar-refractivity contribution in [3.05, 3.63) is 0 Å². The molecule has 0 aromatic rings. The van der Waals surface area contributed by atoms with Crippen LogP contribution in [0.4, 0.5) is 8.78 Å². The minimum atomic E-state index is -2.30. The molecule has 0 saturated heterocycles. The summed E-state index contributed by atoms with van der Waals surface area (Å²) in [5.41, 5.74) is -0.499. The van der Waals surface area contributed by atoms with Crippen molar-refractivity contribution in [1.29, 1.82) is 0 Å². The fourth-order valence-electron chi connectivity index (χ4n) is 2.38. The number of hydrogen-bond donors (Lipinski definition) is 0. The highest BCUT2D eigenvalue weighted by Crippen LogP contribution is 2.81. The van der Waals surface area contributed by atoms with Crippen LogP contribution in [0, 0.1) is 17.3 Å². The quantitative estimate of drug-likeness (QED) is 0.533. The van der Waals surface area contributed by atoms with Gasteiger partial charge in [0.1, 0.15) is 0 Å². The Balaban J connectivity index is 2.16. The summed E-state index contributed by atoms with van der Waals surface area (Å²) in [5.74, 6) is -2.43. The summed E-state index contributed by atoms with van der Waals surface area (Å²) in [6, 6.07) is 0. The fraction of sp³-hybridized carbons (Fsp3) is 1.00. The lowest BCUT2D eigenvalue weighted by molar-refractivity contribution is 0.0731. The van der Waals surface area contributed by atoms with Gasteiger partial charge in [0.25, 0.3) is 5.92 Å². The van der Waals surface area contributed by atoms with E-state index >= 15 is 0 Å². The van der Waals surface area contributed by atoms with Gasteiger partial charge in [0, 0.05) is 11.3 Å². The number of halogens is 2. The van der Waals surface area contributed by atoms with Crippen LogP contribution in [0.5, 0.6) is 0 Å². The lowest BCUT2D eigenvalue weighted by atomic mass is 10.1. The summed E-state index contributed by atoms with van der Waals surface area (Å²) in [6.07, 6.45) is 1.53. The maximum atomic E-state index is 12.9. The zero-order valence-corrected chi connectivity index (χ0v) is 6.32. The Morgan fingerprint density at radius 2 is 1.80 bits per heavy atom. The van der Waals surface area contributed by atoms with E-state index < -0.39 is 11.3 Å². The average molecular weight is 146 g/mol. The molecular formula is C8H12F2. The lowest BCUT2D eigenvalue weighted by Crippen LogP contribution is -1.99. The molecule has 0 nitrogen and oxygen atoms in total. The van der Waals surface area contributed by atoms with E-state index in [4.69, 9.17) is 0 Å². The van der Waals surface area contributed by atoms with Gasteiger partial charge < -0.3 is 0 Å². The van der Waals surface area contributed by atoms with Gasteiger partial charge in [0.2, 0.25) is 0 Å². The van der Waals surface area contributed by atoms with Gasteiger partial charge in [0.05, 0.1) is 0 Å². The van der Waals surface area contributed by atoms with Crippen molar-refractivity contribution in [2.75, 3.05) is 0 Å². The Morgan fingerprint density at radius 3 is 1.90 bits per heavy atom. The van der Waals surface area contributed by atoms with E-state index in [1.165, 1.54) is 0 Å². The molecule has 0 radical (unpaired) electrons. The van der Waals surface area contributed by atoms with Crippen LogP contribution in [0.2, 0.25) is 0 Å². The number of alkyl halides is 2. The highest BCUT2D eigenvalue weighted by atomic mass is 19.3. The standard InChI is InChI=1S/C8H12F2/c1-5(2)6-7(3-4-7)8(6,9)10/h5-6H,3-4H2,1-2H3. The highest BCUT2D eigenvalue weighted by Gasteiger charge is 2.86. The molecule has 2 heteroatoms. The Hall–Kier alpha value is -0.140. The van der Waals surface area contributed by atoms with E-state index in [2.05, 4.69) is 0 Å². The third kappa shape index (κ3) is 0.477. The molecule has 0 aromatic carbocycles. The fourth-order valence-corrected chi connectivity index (χ4v) is 2.38. The smallest absolute Gasteiger partial charge is 0.206 e. The lowest BCUT2D eigenvalue weighted by Gasteiger charge is -1.98. The Kier molecular flexibility index (Phi) is 0.911. The molecule has 58 valence electrons. The molecule has 0 N–H and O–H groups in total. The van der Waals surface area contributed by atoms with E-state index in [1.807, 2.05) is 13.8 Å². The highest BCUT2D eigenvalue weighted by molar-refractivity contribution is 5.26. The molecule has 0 bridgehead atoms. The minimum Gasteiger partial charge on any atom is -0.206 e. The van der Waals surface area contributed by atoms with Crippen molar-refractivity contribution < 1.29 is 8.78 Å². The minimum absolute atomic E-state index is 0.164.